The Kier molecular flexibility index (Phi) is 5.01. The second-order valence-electron chi connectivity index (χ2n) is 5.76. The van der Waals surface area contributed by atoms with E-state index < -0.39 is 10.0 Å². The number of benzene rings is 1. The molecule has 6 heteroatoms. The molecule has 118 valence electrons. The summed E-state index contributed by atoms with van der Waals surface area (Å²) in [5, 5.41) is 2.85. The number of sulfonamides is 1. The maximum atomic E-state index is 13.9. The van der Waals surface area contributed by atoms with E-state index in [1.807, 2.05) is 0 Å². The van der Waals surface area contributed by atoms with Gasteiger partial charge in [-0.2, -0.15) is 0 Å². The maximum absolute atomic E-state index is 13.9. The molecular weight excluding hydrogens is 291 g/mol. The summed E-state index contributed by atoms with van der Waals surface area (Å²) in [5.41, 5.74) is 0.725. The van der Waals surface area contributed by atoms with Crippen molar-refractivity contribution in [2.24, 2.45) is 5.92 Å². The predicted octanol–water partition coefficient (Wildman–Crippen LogP) is 2.32. The number of hydrogen-bond acceptors (Lipinski definition) is 3. The van der Waals surface area contributed by atoms with Gasteiger partial charge >= 0.3 is 0 Å². The van der Waals surface area contributed by atoms with E-state index in [-0.39, 0.29) is 16.8 Å². The summed E-state index contributed by atoms with van der Waals surface area (Å²) in [6.45, 7) is 3.99. The van der Waals surface area contributed by atoms with Crippen molar-refractivity contribution in [1.82, 2.24) is 10.0 Å². The molecule has 0 radical (unpaired) electrons. The molecule has 0 saturated heterocycles. The van der Waals surface area contributed by atoms with Crippen molar-refractivity contribution in [3.63, 3.8) is 0 Å². The highest BCUT2D eigenvalue weighted by molar-refractivity contribution is 7.89. The third-order valence-electron chi connectivity index (χ3n) is 3.87. The molecule has 0 aliphatic heterocycles. The van der Waals surface area contributed by atoms with E-state index >= 15 is 0 Å². The fourth-order valence-electron chi connectivity index (χ4n) is 2.63. The van der Waals surface area contributed by atoms with Crippen LogP contribution in [0.1, 0.15) is 37.3 Å². The SMILES string of the molecule is CCCC1CC1NS(=O)(=O)c1cc(C)c(F)c(CNC)c1. The van der Waals surface area contributed by atoms with Crippen LogP contribution in [-0.2, 0) is 16.6 Å². The number of rotatable bonds is 7. The van der Waals surface area contributed by atoms with Crippen LogP contribution in [-0.4, -0.2) is 21.5 Å². The average molecular weight is 314 g/mol. The van der Waals surface area contributed by atoms with Crippen LogP contribution < -0.4 is 10.0 Å². The molecule has 1 saturated carbocycles. The van der Waals surface area contributed by atoms with E-state index in [0.29, 0.717) is 23.6 Å². The summed E-state index contributed by atoms with van der Waals surface area (Å²) in [4.78, 5) is 0.147. The zero-order valence-electron chi connectivity index (χ0n) is 12.7. The van der Waals surface area contributed by atoms with Crippen molar-refractivity contribution in [2.75, 3.05) is 7.05 Å². The van der Waals surface area contributed by atoms with Crippen molar-refractivity contribution in [3.05, 3.63) is 29.1 Å². The summed E-state index contributed by atoms with van der Waals surface area (Å²) < 4.78 is 41.5. The van der Waals surface area contributed by atoms with Crippen LogP contribution in [0.15, 0.2) is 17.0 Å². The Morgan fingerprint density at radius 2 is 2.10 bits per heavy atom. The van der Waals surface area contributed by atoms with E-state index in [1.54, 1.807) is 14.0 Å². The smallest absolute Gasteiger partial charge is 0.240 e. The van der Waals surface area contributed by atoms with E-state index in [2.05, 4.69) is 17.0 Å². The van der Waals surface area contributed by atoms with Gasteiger partial charge in [-0.05, 0) is 50.4 Å². The Morgan fingerprint density at radius 1 is 1.38 bits per heavy atom. The molecule has 0 bridgehead atoms. The van der Waals surface area contributed by atoms with Gasteiger partial charge in [-0.1, -0.05) is 13.3 Å². The van der Waals surface area contributed by atoms with Gasteiger partial charge in [0.05, 0.1) is 4.90 Å². The fourth-order valence-corrected chi connectivity index (χ4v) is 4.08. The quantitative estimate of drug-likeness (QED) is 0.812. The standard InChI is InChI=1S/C15H23FN2O2S/c1-4-5-11-8-14(11)18-21(19,20)13-6-10(2)15(16)12(7-13)9-17-3/h6-7,11,14,17-18H,4-5,8-9H2,1-3H3. The lowest BCUT2D eigenvalue weighted by Gasteiger charge is -2.11. The Bertz CT molecular complexity index is 616. The molecule has 2 N–H and O–H groups in total. The molecule has 0 amide bonds. The van der Waals surface area contributed by atoms with Crippen molar-refractivity contribution in [2.45, 2.75) is 50.6 Å². The number of aryl methyl sites for hydroxylation is 1. The number of halogens is 1. The van der Waals surface area contributed by atoms with Gasteiger partial charge in [0.25, 0.3) is 0 Å². The first-order valence-corrected chi connectivity index (χ1v) is 8.83. The van der Waals surface area contributed by atoms with E-state index in [9.17, 15) is 12.8 Å². The van der Waals surface area contributed by atoms with Gasteiger partial charge < -0.3 is 5.32 Å². The van der Waals surface area contributed by atoms with Crippen LogP contribution in [0.3, 0.4) is 0 Å². The first kappa shape index (κ1) is 16.4. The van der Waals surface area contributed by atoms with Gasteiger partial charge in [0.2, 0.25) is 10.0 Å². The third-order valence-corrected chi connectivity index (χ3v) is 5.34. The molecule has 1 fully saturated rings. The van der Waals surface area contributed by atoms with Crippen molar-refractivity contribution < 1.29 is 12.8 Å². The van der Waals surface area contributed by atoms with Crippen LogP contribution in [0.5, 0.6) is 0 Å². The Morgan fingerprint density at radius 3 is 2.71 bits per heavy atom. The zero-order valence-corrected chi connectivity index (χ0v) is 13.6. The minimum Gasteiger partial charge on any atom is -0.316 e. The van der Waals surface area contributed by atoms with E-state index in [1.165, 1.54) is 12.1 Å². The molecule has 1 aliphatic carbocycles. The normalized spacial score (nSPS) is 21.5. The van der Waals surface area contributed by atoms with Gasteiger partial charge in [-0.25, -0.2) is 17.5 Å². The van der Waals surface area contributed by atoms with Crippen LogP contribution in [0, 0.1) is 18.7 Å². The highest BCUT2D eigenvalue weighted by Gasteiger charge is 2.39. The highest BCUT2D eigenvalue weighted by Crippen LogP contribution is 2.35. The van der Waals surface area contributed by atoms with E-state index in [4.69, 9.17) is 0 Å². The molecule has 4 nitrogen and oxygen atoms in total. The van der Waals surface area contributed by atoms with Crippen LogP contribution in [0.2, 0.25) is 0 Å². The summed E-state index contributed by atoms with van der Waals surface area (Å²) in [5.74, 6) is 0.0988. The maximum Gasteiger partial charge on any atom is 0.240 e. The van der Waals surface area contributed by atoms with Crippen LogP contribution >= 0.6 is 0 Å². The monoisotopic (exact) mass is 314 g/mol. The lowest BCUT2D eigenvalue weighted by atomic mass is 10.1. The second-order valence-corrected chi connectivity index (χ2v) is 7.47. The topological polar surface area (TPSA) is 58.2 Å². The minimum atomic E-state index is -3.57. The number of hydrogen-bond donors (Lipinski definition) is 2. The Labute approximate surface area is 126 Å². The summed E-state index contributed by atoms with van der Waals surface area (Å²) >= 11 is 0. The first-order chi connectivity index (χ1) is 9.89. The molecule has 1 aromatic carbocycles. The largest absolute Gasteiger partial charge is 0.316 e. The molecular formula is C15H23FN2O2S. The predicted molar refractivity (Wildman–Crippen MR) is 81.0 cm³/mol. The Balaban J connectivity index is 2.20. The first-order valence-electron chi connectivity index (χ1n) is 7.35. The summed E-state index contributed by atoms with van der Waals surface area (Å²) in [6.07, 6.45) is 3.00. The molecule has 0 spiro atoms. The van der Waals surface area contributed by atoms with Gasteiger partial charge in [0, 0.05) is 18.2 Å². The second kappa shape index (κ2) is 6.42. The number of nitrogens with one attached hydrogen (secondary N) is 2. The van der Waals surface area contributed by atoms with Crippen LogP contribution in [0.25, 0.3) is 0 Å². The Hall–Kier alpha value is -0.980. The zero-order chi connectivity index (χ0) is 15.6. The molecule has 2 atom stereocenters. The van der Waals surface area contributed by atoms with Gasteiger partial charge in [0.1, 0.15) is 5.82 Å². The lowest BCUT2D eigenvalue weighted by molar-refractivity contribution is 0.569. The molecule has 2 rings (SSSR count). The molecule has 0 aromatic heterocycles. The van der Waals surface area contributed by atoms with Gasteiger partial charge in [-0.3, -0.25) is 0 Å². The molecule has 0 heterocycles. The van der Waals surface area contributed by atoms with Gasteiger partial charge in [0.15, 0.2) is 0 Å². The summed E-state index contributed by atoms with van der Waals surface area (Å²) in [7, 11) is -1.87. The van der Waals surface area contributed by atoms with Crippen molar-refractivity contribution in [3.8, 4) is 0 Å². The average Bonchev–Trinajstić information content (AvgIpc) is 3.12. The summed E-state index contributed by atoms with van der Waals surface area (Å²) in [6, 6.07) is 2.85. The van der Waals surface area contributed by atoms with Crippen molar-refractivity contribution in [1.29, 1.82) is 0 Å². The molecule has 2 unspecified atom stereocenters. The minimum absolute atomic E-state index is 0.0352. The van der Waals surface area contributed by atoms with Crippen LogP contribution in [0.4, 0.5) is 4.39 Å². The molecule has 1 aliphatic rings. The molecule has 1 aromatic rings. The molecule has 21 heavy (non-hydrogen) atoms. The van der Waals surface area contributed by atoms with E-state index in [0.717, 1.165) is 19.3 Å². The van der Waals surface area contributed by atoms with Crippen molar-refractivity contribution >= 4 is 10.0 Å². The third kappa shape index (κ3) is 3.81. The van der Waals surface area contributed by atoms with Gasteiger partial charge in [-0.15, -0.1) is 0 Å². The lowest BCUT2D eigenvalue weighted by Crippen LogP contribution is -2.27. The fraction of sp³-hybridized carbons (Fsp3) is 0.600. The highest BCUT2D eigenvalue weighted by atomic mass is 32.2.